The zero-order chi connectivity index (χ0) is 14.3. The summed E-state index contributed by atoms with van der Waals surface area (Å²) in [6.07, 6.45) is 4.07. The van der Waals surface area contributed by atoms with Gasteiger partial charge in [-0.1, -0.05) is 26.7 Å². The van der Waals surface area contributed by atoms with Gasteiger partial charge in [0.25, 0.3) is 0 Å². The van der Waals surface area contributed by atoms with E-state index in [1.54, 1.807) is 28.4 Å². The number of aliphatic carboxylic acids is 1. The molecule has 2 atom stereocenters. The van der Waals surface area contributed by atoms with Crippen molar-refractivity contribution in [1.82, 2.24) is 4.90 Å². The molecule has 1 amide bonds. The monoisotopic (exact) mass is 305 g/mol. The van der Waals surface area contributed by atoms with Crippen LogP contribution in [0.1, 0.15) is 39.5 Å². The quantitative estimate of drug-likeness (QED) is 0.699. The van der Waals surface area contributed by atoms with Gasteiger partial charge in [0, 0.05) is 5.75 Å². The minimum atomic E-state index is -0.877. The second-order valence-corrected chi connectivity index (χ2v) is 6.95. The molecule has 0 spiro atoms. The van der Waals surface area contributed by atoms with Crippen molar-refractivity contribution in [1.29, 1.82) is 0 Å². The minimum Gasteiger partial charge on any atom is -0.480 e. The predicted octanol–water partition coefficient (Wildman–Crippen LogP) is 2.67. The van der Waals surface area contributed by atoms with Crippen LogP contribution in [0.4, 0.5) is 0 Å². The van der Waals surface area contributed by atoms with Crippen molar-refractivity contribution in [3.05, 3.63) is 0 Å². The van der Waals surface area contributed by atoms with Crippen molar-refractivity contribution in [2.75, 3.05) is 17.3 Å². The molecule has 1 aliphatic rings. The number of carbonyl (C=O) groups excluding carboxylic acids is 1. The van der Waals surface area contributed by atoms with Crippen LogP contribution in [0, 0.1) is 0 Å². The Bertz CT molecular complexity index is 312. The highest BCUT2D eigenvalue weighted by atomic mass is 32.2. The summed E-state index contributed by atoms with van der Waals surface area (Å²) >= 11 is 3.21. The average molecular weight is 305 g/mol. The number of hydrogen-bond acceptors (Lipinski definition) is 4. The summed E-state index contributed by atoms with van der Waals surface area (Å²) < 4.78 is 0. The van der Waals surface area contributed by atoms with Crippen LogP contribution < -0.4 is 0 Å². The van der Waals surface area contributed by atoms with E-state index in [1.165, 1.54) is 0 Å². The molecule has 0 aliphatic carbocycles. The Morgan fingerprint density at radius 1 is 1.37 bits per heavy atom. The first-order chi connectivity index (χ1) is 9.11. The summed E-state index contributed by atoms with van der Waals surface area (Å²) in [5, 5.41) is 9.26. The molecule has 1 rings (SSSR count). The first kappa shape index (κ1) is 16.7. The number of thioether (sulfide) groups is 2. The maximum Gasteiger partial charge on any atom is 0.327 e. The molecule has 0 aromatic carbocycles. The summed E-state index contributed by atoms with van der Waals surface area (Å²) in [6.45, 7) is 4.19. The highest BCUT2D eigenvalue weighted by molar-refractivity contribution is 8.00. The molecule has 1 heterocycles. The highest BCUT2D eigenvalue weighted by Gasteiger charge is 2.40. The molecule has 4 nitrogen and oxygen atoms in total. The van der Waals surface area contributed by atoms with Crippen molar-refractivity contribution in [2.45, 2.75) is 50.9 Å². The van der Waals surface area contributed by atoms with Gasteiger partial charge in [0.2, 0.25) is 5.91 Å². The molecular formula is C13H23NO3S2. The molecule has 0 saturated carbocycles. The van der Waals surface area contributed by atoms with Crippen LogP contribution in [0.3, 0.4) is 0 Å². The van der Waals surface area contributed by atoms with Crippen molar-refractivity contribution >= 4 is 35.4 Å². The maximum atomic E-state index is 12.2. The Morgan fingerprint density at radius 3 is 2.68 bits per heavy atom. The van der Waals surface area contributed by atoms with Crippen molar-refractivity contribution < 1.29 is 14.7 Å². The van der Waals surface area contributed by atoms with Crippen molar-refractivity contribution in [2.24, 2.45) is 0 Å². The van der Waals surface area contributed by atoms with E-state index >= 15 is 0 Å². The predicted molar refractivity (Wildman–Crippen MR) is 81.7 cm³/mol. The van der Waals surface area contributed by atoms with E-state index in [4.69, 9.17) is 0 Å². The largest absolute Gasteiger partial charge is 0.480 e. The smallest absolute Gasteiger partial charge is 0.327 e. The number of unbranched alkanes of at least 4 members (excludes halogenated alkanes) is 1. The van der Waals surface area contributed by atoms with Gasteiger partial charge >= 0.3 is 5.97 Å². The van der Waals surface area contributed by atoms with Gasteiger partial charge in [-0.2, -0.15) is 11.8 Å². The highest BCUT2D eigenvalue weighted by Crippen LogP contribution is 2.32. The Labute approximate surface area is 123 Å². The topological polar surface area (TPSA) is 57.6 Å². The molecule has 6 heteroatoms. The van der Waals surface area contributed by atoms with Gasteiger partial charge in [-0.3, -0.25) is 4.79 Å². The second kappa shape index (κ2) is 8.74. The molecule has 1 aliphatic heterocycles. The van der Waals surface area contributed by atoms with Crippen LogP contribution in [0.15, 0.2) is 0 Å². The van der Waals surface area contributed by atoms with Crippen molar-refractivity contribution in [3.63, 3.8) is 0 Å². The molecular weight excluding hydrogens is 282 g/mol. The summed E-state index contributed by atoms with van der Waals surface area (Å²) in [5.74, 6) is 1.00. The van der Waals surface area contributed by atoms with E-state index in [1.807, 2.05) is 0 Å². The normalized spacial score (nSPS) is 22.7. The second-order valence-electron chi connectivity index (χ2n) is 4.64. The molecule has 0 aromatic heterocycles. The van der Waals surface area contributed by atoms with Crippen LogP contribution in [0.25, 0.3) is 0 Å². The van der Waals surface area contributed by atoms with Gasteiger partial charge in [-0.15, -0.1) is 11.8 Å². The molecule has 110 valence electrons. The fourth-order valence-corrected chi connectivity index (χ4v) is 4.53. The van der Waals surface area contributed by atoms with E-state index in [-0.39, 0.29) is 11.3 Å². The van der Waals surface area contributed by atoms with Crippen LogP contribution in [0.2, 0.25) is 0 Å². The summed E-state index contributed by atoms with van der Waals surface area (Å²) in [5.41, 5.74) is 0. The molecule has 0 aromatic rings. The number of rotatable bonds is 8. The third-order valence-corrected chi connectivity index (χ3v) is 5.45. The van der Waals surface area contributed by atoms with Gasteiger partial charge < -0.3 is 10.0 Å². The lowest BCUT2D eigenvalue weighted by molar-refractivity contribution is -0.148. The minimum absolute atomic E-state index is 0.0167. The van der Waals surface area contributed by atoms with Crippen molar-refractivity contribution in [3.8, 4) is 0 Å². The van der Waals surface area contributed by atoms with Gasteiger partial charge in [-0.05, 0) is 18.6 Å². The van der Waals surface area contributed by atoms with Gasteiger partial charge in [0.1, 0.15) is 6.04 Å². The van der Waals surface area contributed by atoms with Gasteiger partial charge in [-0.25, -0.2) is 4.79 Å². The number of nitrogens with zero attached hydrogens (tertiary/aromatic N) is 1. The lowest BCUT2D eigenvalue weighted by Crippen LogP contribution is -2.46. The van der Waals surface area contributed by atoms with Crippen LogP contribution in [-0.4, -0.2) is 50.6 Å². The first-order valence-electron chi connectivity index (χ1n) is 6.85. The maximum absolute atomic E-state index is 12.2. The van der Waals surface area contributed by atoms with E-state index in [9.17, 15) is 14.7 Å². The fraction of sp³-hybridized carbons (Fsp3) is 0.846. The lowest BCUT2D eigenvalue weighted by atomic mass is 10.2. The zero-order valence-corrected chi connectivity index (χ0v) is 13.3. The zero-order valence-electron chi connectivity index (χ0n) is 11.6. The van der Waals surface area contributed by atoms with E-state index in [2.05, 4.69) is 13.8 Å². The van der Waals surface area contributed by atoms with E-state index < -0.39 is 12.0 Å². The van der Waals surface area contributed by atoms with Gasteiger partial charge in [0.15, 0.2) is 0 Å². The first-order valence-corrected chi connectivity index (χ1v) is 9.05. The molecule has 0 radical (unpaired) electrons. The average Bonchev–Trinajstić information content (AvgIpc) is 2.79. The molecule has 19 heavy (non-hydrogen) atoms. The molecule has 2 unspecified atom stereocenters. The SMILES string of the molecule is CCCCSCC(=O)N1C(CCC)SCC1C(=O)O. The number of hydrogen-bond donors (Lipinski definition) is 1. The van der Waals surface area contributed by atoms with Crippen LogP contribution in [0.5, 0.6) is 0 Å². The summed E-state index contributed by atoms with van der Waals surface area (Å²) in [6, 6.07) is -0.638. The Kier molecular flexibility index (Phi) is 7.68. The number of amides is 1. The molecule has 1 saturated heterocycles. The number of carbonyl (C=O) groups is 2. The number of carboxylic acids is 1. The molecule has 0 bridgehead atoms. The van der Waals surface area contributed by atoms with E-state index in [0.717, 1.165) is 31.4 Å². The summed E-state index contributed by atoms with van der Waals surface area (Å²) in [7, 11) is 0. The Balaban J connectivity index is 2.56. The fourth-order valence-electron chi connectivity index (χ4n) is 2.04. The third-order valence-electron chi connectivity index (χ3n) is 3.07. The van der Waals surface area contributed by atoms with Crippen LogP contribution >= 0.6 is 23.5 Å². The van der Waals surface area contributed by atoms with E-state index in [0.29, 0.717) is 11.5 Å². The lowest BCUT2D eigenvalue weighted by Gasteiger charge is -2.27. The molecule has 1 N–H and O–H groups in total. The Morgan fingerprint density at radius 2 is 2.11 bits per heavy atom. The number of carboxylic acid groups (broad SMARTS) is 1. The third kappa shape index (κ3) is 4.91. The summed E-state index contributed by atoms with van der Waals surface area (Å²) in [4.78, 5) is 25.1. The Hall–Kier alpha value is -0.360. The standard InChI is InChI=1S/C13H23NO3S2/c1-3-5-7-18-9-11(15)14-10(13(16)17)8-19-12(14)6-4-2/h10,12H,3-9H2,1-2H3,(H,16,17). The van der Waals surface area contributed by atoms with Gasteiger partial charge in [0.05, 0.1) is 11.1 Å². The molecule has 1 fully saturated rings. The van der Waals surface area contributed by atoms with Crippen LogP contribution in [-0.2, 0) is 9.59 Å².